The third-order valence-corrected chi connectivity index (χ3v) is 2.89. The van der Waals surface area contributed by atoms with E-state index in [4.69, 9.17) is 9.26 Å². The van der Waals surface area contributed by atoms with Crippen LogP contribution in [0.3, 0.4) is 0 Å². The number of rotatable bonds is 1. The smallest absolute Gasteiger partial charge is 0.373 e. The summed E-state index contributed by atoms with van der Waals surface area (Å²) in [6, 6.07) is 7.66. The van der Waals surface area contributed by atoms with Crippen molar-refractivity contribution in [3.63, 3.8) is 0 Å². The summed E-state index contributed by atoms with van der Waals surface area (Å²) in [5.41, 5.74) is 1.39. The molecular weight excluding hydrogens is 220 g/mol. The lowest BCUT2D eigenvalue weighted by molar-refractivity contribution is 0.379. The Morgan fingerprint density at radius 1 is 1.35 bits per heavy atom. The fourth-order valence-corrected chi connectivity index (χ4v) is 2.13. The monoisotopic (exact) mass is 230 g/mol. The number of hydrogen-bond donors (Lipinski definition) is 0. The van der Waals surface area contributed by atoms with Gasteiger partial charge in [-0.1, -0.05) is 23.4 Å². The Morgan fingerprint density at radius 2 is 2.12 bits per heavy atom. The van der Waals surface area contributed by atoms with Crippen molar-refractivity contribution in [3.8, 4) is 17.1 Å². The molecule has 0 N–H and O–H groups in total. The molecule has 0 fully saturated rings. The molecule has 5 heteroatoms. The van der Waals surface area contributed by atoms with Crippen molar-refractivity contribution in [2.45, 2.75) is 0 Å². The largest absolute Gasteiger partial charge is 0.481 e. The maximum absolute atomic E-state index is 11.6. The van der Waals surface area contributed by atoms with E-state index in [9.17, 15) is 4.79 Å². The van der Waals surface area contributed by atoms with Crippen LogP contribution in [-0.2, 0) is 7.05 Å². The van der Waals surface area contributed by atoms with E-state index in [2.05, 4.69) is 5.16 Å². The quantitative estimate of drug-likeness (QED) is 0.637. The predicted octanol–water partition coefficient (Wildman–Crippen LogP) is 1.64. The summed E-state index contributed by atoms with van der Waals surface area (Å²) in [6.45, 7) is 0. The molecular formula is C12H10N2O3. The second-order valence-corrected chi connectivity index (χ2v) is 3.78. The highest BCUT2D eigenvalue weighted by Gasteiger charge is 2.24. The maximum Gasteiger partial charge on any atom is 0.373 e. The van der Waals surface area contributed by atoms with E-state index in [0.29, 0.717) is 17.1 Å². The highest BCUT2D eigenvalue weighted by atomic mass is 16.5. The van der Waals surface area contributed by atoms with Crippen LogP contribution in [0.2, 0.25) is 0 Å². The van der Waals surface area contributed by atoms with Crippen molar-refractivity contribution >= 4 is 10.9 Å². The summed E-state index contributed by atoms with van der Waals surface area (Å²) in [4.78, 5) is 11.6. The minimum Gasteiger partial charge on any atom is -0.481 e. The summed E-state index contributed by atoms with van der Waals surface area (Å²) in [5, 5.41) is 4.69. The number of aromatic nitrogens is 2. The van der Waals surface area contributed by atoms with Gasteiger partial charge >= 0.3 is 5.63 Å². The van der Waals surface area contributed by atoms with Gasteiger partial charge in [0.05, 0.1) is 12.6 Å². The zero-order valence-corrected chi connectivity index (χ0v) is 9.43. The summed E-state index contributed by atoms with van der Waals surface area (Å²) in [7, 11) is 3.36. The highest BCUT2D eigenvalue weighted by Crippen LogP contribution is 2.34. The Morgan fingerprint density at radius 3 is 2.88 bits per heavy atom. The fraction of sp³-hybridized carbons (Fsp3) is 0.167. The summed E-state index contributed by atoms with van der Waals surface area (Å²) in [6.07, 6.45) is 0. The molecule has 1 aromatic rings. The summed E-state index contributed by atoms with van der Waals surface area (Å²) in [5.74, 6) is 0.463. The Kier molecular flexibility index (Phi) is 1.95. The van der Waals surface area contributed by atoms with E-state index in [-0.39, 0.29) is 0 Å². The Bertz CT molecular complexity index is 726. The Hall–Kier alpha value is -2.30. The lowest BCUT2D eigenvalue weighted by Gasteiger charge is -2.14. The molecule has 17 heavy (non-hydrogen) atoms. The van der Waals surface area contributed by atoms with E-state index in [1.807, 2.05) is 35.9 Å². The van der Waals surface area contributed by atoms with Gasteiger partial charge in [0, 0.05) is 12.4 Å². The molecule has 0 saturated carbocycles. The van der Waals surface area contributed by atoms with Crippen LogP contribution >= 0.6 is 0 Å². The molecule has 0 amide bonds. The SMILES string of the molecule is COc1c2c(=O)onc-2c2ccccc2n1C. The molecule has 0 aliphatic carbocycles. The Balaban J connectivity index is 2.63. The van der Waals surface area contributed by atoms with Crippen LogP contribution in [0.5, 0.6) is 5.88 Å². The number of nitrogens with zero attached hydrogens (tertiary/aromatic N) is 2. The van der Waals surface area contributed by atoms with Gasteiger partial charge in [0.1, 0.15) is 5.69 Å². The zero-order valence-electron chi connectivity index (χ0n) is 9.43. The summed E-state index contributed by atoms with van der Waals surface area (Å²) < 4.78 is 11.8. The van der Waals surface area contributed by atoms with Gasteiger partial charge in [0.25, 0.3) is 0 Å². The number of aryl methyl sites for hydroxylation is 1. The highest BCUT2D eigenvalue weighted by molar-refractivity contribution is 5.95. The normalized spacial score (nSPS) is 11.2. The lowest BCUT2D eigenvalue weighted by Crippen LogP contribution is -2.07. The number of hydrogen-bond acceptors (Lipinski definition) is 4. The van der Waals surface area contributed by atoms with Crippen molar-refractivity contribution in [1.82, 2.24) is 9.72 Å². The third-order valence-electron chi connectivity index (χ3n) is 2.89. The Labute approximate surface area is 96.5 Å². The second-order valence-electron chi connectivity index (χ2n) is 3.78. The first kappa shape index (κ1) is 9.89. The number of para-hydroxylation sites is 1. The molecule has 86 valence electrons. The number of ether oxygens (including phenoxy) is 1. The first-order chi connectivity index (χ1) is 8.24. The van der Waals surface area contributed by atoms with Crippen molar-refractivity contribution in [1.29, 1.82) is 0 Å². The molecule has 0 bridgehead atoms. The average Bonchev–Trinajstić information content (AvgIpc) is 2.73. The molecule has 0 radical (unpaired) electrons. The van der Waals surface area contributed by atoms with Gasteiger partial charge < -0.3 is 13.8 Å². The van der Waals surface area contributed by atoms with Gasteiger partial charge in [-0.05, 0) is 6.07 Å². The fourth-order valence-electron chi connectivity index (χ4n) is 2.13. The predicted molar refractivity (Wildman–Crippen MR) is 62.4 cm³/mol. The number of methoxy groups -OCH3 is 1. The van der Waals surface area contributed by atoms with E-state index in [1.54, 1.807) is 0 Å². The van der Waals surface area contributed by atoms with Crippen molar-refractivity contribution in [2.24, 2.45) is 7.05 Å². The summed E-state index contributed by atoms with van der Waals surface area (Å²) >= 11 is 0. The van der Waals surface area contributed by atoms with Crippen molar-refractivity contribution in [2.75, 3.05) is 7.11 Å². The van der Waals surface area contributed by atoms with Crippen LogP contribution in [-0.4, -0.2) is 16.8 Å². The number of fused-ring (bicyclic) bond motifs is 3. The minimum absolute atomic E-state index is 0.383. The van der Waals surface area contributed by atoms with Crippen LogP contribution in [0.25, 0.3) is 22.2 Å². The second kappa shape index (κ2) is 3.35. The molecule has 2 heterocycles. The number of benzene rings is 1. The van der Waals surface area contributed by atoms with Crippen LogP contribution in [0.4, 0.5) is 0 Å². The molecule has 2 aliphatic rings. The first-order valence-corrected chi connectivity index (χ1v) is 5.15. The topological polar surface area (TPSA) is 57.3 Å². The molecule has 0 unspecified atom stereocenters. The molecule has 0 atom stereocenters. The van der Waals surface area contributed by atoms with Crippen LogP contribution in [0.15, 0.2) is 33.6 Å². The van der Waals surface area contributed by atoms with Gasteiger partial charge in [-0.25, -0.2) is 4.79 Å². The third kappa shape index (κ3) is 1.19. The van der Waals surface area contributed by atoms with E-state index in [1.165, 1.54) is 7.11 Å². The molecule has 0 spiro atoms. The first-order valence-electron chi connectivity index (χ1n) is 5.15. The van der Waals surface area contributed by atoms with Crippen LogP contribution in [0.1, 0.15) is 0 Å². The van der Waals surface area contributed by atoms with E-state index < -0.39 is 5.63 Å². The van der Waals surface area contributed by atoms with Gasteiger partial charge in [0.15, 0.2) is 5.56 Å². The van der Waals surface area contributed by atoms with Gasteiger partial charge in [0.2, 0.25) is 5.88 Å². The van der Waals surface area contributed by atoms with Gasteiger partial charge in [-0.3, -0.25) is 0 Å². The van der Waals surface area contributed by atoms with E-state index >= 15 is 0 Å². The molecule has 3 rings (SSSR count). The molecule has 2 aliphatic heterocycles. The number of pyridine rings is 1. The van der Waals surface area contributed by atoms with Crippen molar-refractivity contribution in [3.05, 3.63) is 34.7 Å². The van der Waals surface area contributed by atoms with E-state index in [0.717, 1.165) is 10.9 Å². The minimum atomic E-state index is -0.474. The molecule has 0 aromatic heterocycles. The van der Waals surface area contributed by atoms with Crippen molar-refractivity contribution < 1.29 is 9.26 Å². The molecule has 1 aromatic carbocycles. The maximum atomic E-state index is 11.6. The zero-order chi connectivity index (χ0) is 12.0. The van der Waals surface area contributed by atoms with Gasteiger partial charge in [-0.15, -0.1) is 0 Å². The molecule has 0 saturated heterocycles. The van der Waals surface area contributed by atoms with Crippen LogP contribution in [0, 0.1) is 0 Å². The van der Waals surface area contributed by atoms with Crippen LogP contribution < -0.4 is 10.4 Å². The molecule has 5 nitrogen and oxygen atoms in total. The lowest BCUT2D eigenvalue weighted by atomic mass is 10.1. The standard InChI is InChI=1S/C12H10N2O3/c1-14-8-6-4-3-5-7(8)10-9(11(14)16-2)12(15)17-13-10/h3-6H,1-2H3. The average molecular weight is 230 g/mol. The van der Waals surface area contributed by atoms with Gasteiger partial charge in [-0.2, -0.15) is 0 Å².